The molecule has 0 aliphatic rings. The zero-order chi connectivity index (χ0) is 25.7. The molecular weight excluding hydrogens is 441 g/mol. The van der Waals surface area contributed by atoms with Crippen molar-refractivity contribution in [3.8, 4) is 17.4 Å². The molecule has 34 heavy (non-hydrogen) atoms. The van der Waals surface area contributed by atoms with Crippen molar-refractivity contribution >= 4 is 22.8 Å². The summed E-state index contributed by atoms with van der Waals surface area (Å²) in [5, 5.41) is 2.33. The zero-order valence-corrected chi connectivity index (χ0v) is 18.1. The number of para-hydroxylation sites is 1. The van der Waals surface area contributed by atoms with E-state index >= 15 is 0 Å². The average molecular weight is 465 g/mol. The molecule has 0 saturated heterocycles. The number of nitrogen functional groups attached to an aromatic ring is 1. The molecule has 2 heterocycles. The maximum absolute atomic E-state index is 14.1. The number of carbonyl (C=O) groups is 1. The highest BCUT2D eigenvalue weighted by molar-refractivity contribution is 6.04. The molecule has 4 aromatic rings. The molecule has 0 spiro atoms. The monoisotopic (exact) mass is 465 g/mol. The summed E-state index contributed by atoms with van der Waals surface area (Å²) in [6, 6.07) is 15.3. The Morgan fingerprint density at radius 2 is 1.79 bits per heavy atom. The number of ether oxygens (including phenoxy) is 3. The van der Waals surface area contributed by atoms with E-state index in [1.807, 2.05) is 0 Å². The summed E-state index contributed by atoms with van der Waals surface area (Å²) in [4.78, 5) is 24.8. The third kappa shape index (κ3) is 5.54. The van der Waals surface area contributed by atoms with Crippen molar-refractivity contribution in [2.24, 2.45) is 0 Å². The largest absolute Gasteiger partial charge is 0.491 e. The van der Waals surface area contributed by atoms with E-state index in [0.717, 1.165) is 0 Å². The molecule has 0 aliphatic heterocycles. The highest BCUT2D eigenvalue weighted by atomic mass is 19.1. The fraction of sp³-hybridized carbons (Fsp3) is 0.167. The van der Waals surface area contributed by atoms with Crippen LogP contribution in [-0.2, 0) is 11.2 Å². The van der Waals surface area contributed by atoms with E-state index in [1.54, 1.807) is 37.4 Å². The Bertz CT molecular complexity index is 1390. The molecule has 2 aromatic carbocycles. The molecule has 0 unspecified atom stereocenters. The van der Waals surface area contributed by atoms with Gasteiger partial charge in [-0.2, -0.15) is 0 Å². The zero-order valence-electron chi connectivity index (χ0n) is 20.1. The Kier molecular flexibility index (Phi) is 6.29. The number of nitrogens with two attached hydrogens (primary N) is 1. The van der Waals surface area contributed by atoms with E-state index in [0.29, 0.717) is 24.7 Å². The number of anilines is 1. The van der Waals surface area contributed by atoms with Gasteiger partial charge < -0.3 is 25.3 Å². The molecule has 0 aliphatic carbocycles. The van der Waals surface area contributed by atoms with Crippen LogP contribution in [0.4, 0.5) is 10.3 Å². The van der Waals surface area contributed by atoms with Crippen LogP contribution < -0.4 is 20.5 Å². The number of pyridine rings is 1. The molecule has 0 radical (unpaired) electrons. The number of amides is 1. The van der Waals surface area contributed by atoms with E-state index < -0.39 is 18.2 Å². The number of methoxy groups -OCH3 is 1. The van der Waals surface area contributed by atoms with Crippen molar-refractivity contribution in [1.82, 2.24) is 20.3 Å². The number of carbonyl (C=O) groups excluding carboxylic acids is 1. The molecule has 2 aromatic heterocycles. The van der Waals surface area contributed by atoms with E-state index in [-0.39, 0.29) is 34.1 Å². The minimum absolute atomic E-state index is 0.0946. The number of rotatable bonds is 9. The summed E-state index contributed by atoms with van der Waals surface area (Å²) in [5.74, 6) is -0.715. The summed E-state index contributed by atoms with van der Waals surface area (Å²) < 4.78 is 47.1. The lowest BCUT2D eigenvalue weighted by Crippen LogP contribution is -2.25. The Hall–Kier alpha value is -4.31. The first kappa shape index (κ1) is 20.3. The minimum Gasteiger partial charge on any atom is -0.491 e. The third-order valence-corrected chi connectivity index (χ3v) is 4.54. The maximum atomic E-state index is 14.1. The number of hydrogen-bond acceptors (Lipinski definition) is 8. The van der Waals surface area contributed by atoms with Crippen LogP contribution in [0.1, 0.15) is 18.9 Å². The van der Waals surface area contributed by atoms with Crippen molar-refractivity contribution in [1.29, 1.82) is 0 Å². The number of nitrogens with one attached hydrogen (secondary N) is 1. The van der Waals surface area contributed by atoms with Gasteiger partial charge in [-0.25, -0.2) is 19.3 Å². The Morgan fingerprint density at radius 1 is 1.03 bits per heavy atom. The quantitative estimate of drug-likeness (QED) is 0.360. The van der Waals surface area contributed by atoms with Crippen LogP contribution in [0.25, 0.3) is 10.9 Å². The highest BCUT2D eigenvalue weighted by Crippen LogP contribution is 2.23. The smallest absolute Gasteiger partial charge is 0.271 e. The summed E-state index contributed by atoms with van der Waals surface area (Å²) in [7, 11) is 1.59. The van der Waals surface area contributed by atoms with Crippen LogP contribution in [0.3, 0.4) is 0 Å². The van der Waals surface area contributed by atoms with Crippen LogP contribution in [0, 0.1) is 5.82 Å². The predicted octanol–water partition coefficient (Wildman–Crippen LogP) is 3.49. The van der Waals surface area contributed by atoms with Crippen molar-refractivity contribution < 1.29 is 26.1 Å². The lowest BCUT2D eigenvalue weighted by molar-refractivity contribution is 0.0947. The highest BCUT2D eigenvalue weighted by Gasteiger charge is 2.16. The van der Waals surface area contributed by atoms with Gasteiger partial charge in [0.2, 0.25) is 11.8 Å². The number of hydrogen-bond donors (Lipinski definition) is 2. The average Bonchev–Trinajstić information content (AvgIpc) is 2.85. The van der Waals surface area contributed by atoms with Gasteiger partial charge in [-0.15, -0.1) is 0 Å². The lowest BCUT2D eigenvalue weighted by atomic mass is 10.1. The molecule has 0 saturated carbocycles. The first-order valence-corrected chi connectivity index (χ1v) is 10.2. The molecule has 174 valence electrons. The molecule has 1 amide bonds. The molecule has 0 bridgehead atoms. The van der Waals surface area contributed by atoms with Gasteiger partial charge in [-0.3, -0.25) is 4.79 Å². The summed E-state index contributed by atoms with van der Waals surface area (Å²) in [5.41, 5.74) is 5.11. The summed E-state index contributed by atoms with van der Waals surface area (Å²) in [6.45, 7) is -1.55. The number of benzene rings is 2. The number of nitrogens with zero attached hydrogens (tertiary/aromatic N) is 3. The van der Waals surface area contributed by atoms with Crippen LogP contribution >= 0.6 is 0 Å². The van der Waals surface area contributed by atoms with Crippen LogP contribution in [0.2, 0.25) is 0 Å². The predicted molar refractivity (Wildman–Crippen MR) is 123 cm³/mol. The molecular formula is C24H22FN5O4. The number of halogens is 1. The number of fused-ring (bicyclic) bond motifs is 1. The molecule has 0 atom stereocenters. The second kappa shape index (κ2) is 10.5. The van der Waals surface area contributed by atoms with Gasteiger partial charge in [0.1, 0.15) is 35.1 Å². The third-order valence-electron chi connectivity index (χ3n) is 4.54. The van der Waals surface area contributed by atoms with Crippen molar-refractivity contribution in [3.63, 3.8) is 0 Å². The van der Waals surface area contributed by atoms with Gasteiger partial charge in [0.15, 0.2) is 0 Å². The van der Waals surface area contributed by atoms with E-state index in [1.165, 1.54) is 30.3 Å². The van der Waals surface area contributed by atoms with Crippen molar-refractivity contribution in [2.75, 3.05) is 26.1 Å². The van der Waals surface area contributed by atoms with Crippen LogP contribution in [0.15, 0.2) is 60.7 Å². The fourth-order valence-corrected chi connectivity index (χ4v) is 3.00. The van der Waals surface area contributed by atoms with Crippen LogP contribution in [0.5, 0.6) is 17.4 Å². The minimum atomic E-state index is -2.42. The SMILES string of the molecule is [2H]C([2H])(NC(=O)c1nc(N)nc2c(F)cccc12)c1cccc(Oc2ccc(OCCOC)cc2)n1. The van der Waals surface area contributed by atoms with Gasteiger partial charge >= 0.3 is 0 Å². The van der Waals surface area contributed by atoms with Gasteiger partial charge in [0.25, 0.3) is 5.91 Å². The first-order chi connectivity index (χ1) is 17.3. The Morgan fingerprint density at radius 3 is 2.59 bits per heavy atom. The number of aromatic nitrogens is 3. The molecule has 9 nitrogen and oxygen atoms in total. The molecule has 0 fully saturated rings. The topological polar surface area (TPSA) is 121 Å². The summed E-state index contributed by atoms with van der Waals surface area (Å²) >= 11 is 0. The fourth-order valence-electron chi connectivity index (χ4n) is 3.00. The van der Waals surface area contributed by atoms with Gasteiger partial charge in [0.05, 0.1) is 21.5 Å². The molecule has 10 heteroatoms. The maximum Gasteiger partial charge on any atom is 0.271 e. The van der Waals surface area contributed by atoms with E-state index in [4.69, 9.17) is 22.7 Å². The second-order valence-corrected chi connectivity index (χ2v) is 6.92. The van der Waals surface area contributed by atoms with Crippen LogP contribution in [-0.4, -0.2) is 41.2 Å². The van der Waals surface area contributed by atoms with Gasteiger partial charge in [-0.05, 0) is 36.4 Å². The van der Waals surface area contributed by atoms with Gasteiger partial charge in [-0.1, -0.05) is 18.2 Å². The lowest BCUT2D eigenvalue weighted by Gasteiger charge is -2.10. The summed E-state index contributed by atoms with van der Waals surface area (Å²) in [6.07, 6.45) is 0. The van der Waals surface area contributed by atoms with Crippen molar-refractivity contribution in [2.45, 2.75) is 6.50 Å². The Labute approximate surface area is 197 Å². The van der Waals surface area contributed by atoms with Gasteiger partial charge in [0, 0.05) is 18.6 Å². The van der Waals surface area contributed by atoms with E-state index in [2.05, 4.69) is 20.3 Å². The van der Waals surface area contributed by atoms with E-state index in [9.17, 15) is 9.18 Å². The van der Waals surface area contributed by atoms with Crippen molar-refractivity contribution in [3.05, 3.63) is 77.9 Å². The first-order valence-electron chi connectivity index (χ1n) is 11.2. The normalized spacial score (nSPS) is 12.1. The molecule has 4 rings (SSSR count). The second-order valence-electron chi connectivity index (χ2n) is 6.92. The molecule has 3 N–H and O–H groups in total. The Balaban J connectivity index is 1.51. The standard InChI is InChI=1S/C24H22FN5O4/c1-32-12-13-33-16-8-10-17(11-9-16)34-20-7-2-4-15(28-20)14-27-23(31)22-18-5-3-6-19(25)21(18)29-24(26)30-22/h2-11H,12-14H2,1H3,(H,27,31)(H2,26,29,30)/i14D2.